The van der Waals surface area contributed by atoms with E-state index in [2.05, 4.69) is 46.8 Å². The van der Waals surface area contributed by atoms with Gasteiger partial charge in [-0.2, -0.15) is 0 Å². The molecule has 0 aromatic heterocycles. The normalized spacial score (nSPS) is 37.9. The summed E-state index contributed by atoms with van der Waals surface area (Å²) in [4.78, 5) is 0. The molecule has 2 bridgehead atoms. The fraction of sp³-hybridized carbons (Fsp3) is 0.800. The van der Waals surface area contributed by atoms with Gasteiger partial charge in [-0.1, -0.05) is 43.6 Å². The van der Waals surface area contributed by atoms with Crippen molar-refractivity contribution in [3.8, 4) is 0 Å². The number of hydrogen-bond acceptors (Lipinski definition) is 2. The van der Waals surface area contributed by atoms with Gasteiger partial charge < -0.3 is 9.84 Å². The van der Waals surface area contributed by atoms with Crippen LogP contribution in [0.5, 0.6) is 0 Å². The van der Waals surface area contributed by atoms with Crippen LogP contribution >= 0.6 is 0 Å². The molecule has 0 amide bonds. The molecule has 0 saturated carbocycles. The lowest BCUT2D eigenvalue weighted by atomic mass is 9.79. The van der Waals surface area contributed by atoms with Crippen LogP contribution in [0.15, 0.2) is 23.3 Å². The van der Waals surface area contributed by atoms with Gasteiger partial charge in [-0.25, -0.2) is 0 Å². The van der Waals surface area contributed by atoms with Gasteiger partial charge >= 0.3 is 0 Å². The molecule has 1 fully saturated rings. The summed E-state index contributed by atoms with van der Waals surface area (Å²) in [7, 11) is 0. The third kappa shape index (κ3) is 4.02. The molecule has 0 aromatic carbocycles. The number of aliphatic hydroxyl groups is 1. The number of allylic oxidation sites excluding steroid dienone is 3. The van der Waals surface area contributed by atoms with Gasteiger partial charge in [0.2, 0.25) is 0 Å². The van der Waals surface area contributed by atoms with Crippen molar-refractivity contribution in [2.24, 2.45) is 11.8 Å². The van der Waals surface area contributed by atoms with E-state index in [9.17, 15) is 5.11 Å². The molecule has 0 aromatic rings. The van der Waals surface area contributed by atoms with E-state index in [4.69, 9.17) is 4.74 Å². The molecule has 126 valence electrons. The molecule has 22 heavy (non-hydrogen) atoms. The van der Waals surface area contributed by atoms with E-state index in [1.807, 2.05) is 0 Å². The molecule has 2 heteroatoms. The van der Waals surface area contributed by atoms with Crippen LogP contribution in [0.4, 0.5) is 0 Å². The van der Waals surface area contributed by atoms with Crippen molar-refractivity contribution in [2.45, 2.75) is 91.0 Å². The van der Waals surface area contributed by atoms with E-state index in [0.29, 0.717) is 5.92 Å². The highest BCUT2D eigenvalue weighted by molar-refractivity contribution is 5.13. The van der Waals surface area contributed by atoms with Crippen LogP contribution in [0, 0.1) is 11.8 Å². The maximum absolute atomic E-state index is 10.9. The molecular weight excluding hydrogens is 272 g/mol. The summed E-state index contributed by atoms with van der Waals surface area (Å²) in [6.45, 7) is 11.0. The van der Waals surface area contributed by atoms with Crippen LogP contribution < -0.4 is 0 Å². The summed E-state index contributed by atoms with van der Waals surface area (Å²) in [6.07, 6.45) is 11.0. The minimum Gasteiger partial charge on any atom is -0.390 e. The zero-order chi connectivity index (χ0) is 16.3. The van der Waals surface area contributed by atoms with Crippen LogP contribution in [0.25, 0.3) is 0 Å². The first-order valence-corrected chi connectivity index (χ1v) is 9.02. The molecule has 0 spiro atoms. The minimum atomic E-state index is -0.387. The van der Waals surface area contributed by atoms with Crippen molar-refractivity contribution in [1.82, 2.24) is 0 Å². The van der Waals surface area contributed by atoms with Gasteiger partial charge in [-0.3, -0.25) is 0 Å². The molecule has 4 atom stereocenters. The zero-order valence-corrected chi connectivity index (χ0v) is 15.1. The number of aliphatic hydroxyl groups excluding tert-OH is 1. The van der Waals surface area contributed by atoms with Crippen LogP contribution in [-0.2, 0) is 4.74 Å². The van der Waals surface area contributed by atoms with E-state index >= 15 is 0 Å². The molecular formula is C20H34O2. The van der Waals surface area contributed by atoms with Crippen LogP contribution in [-0.4, -0.2) is 22.9 Å². The van der Waals surface area contributed by atoms with E-state index in [1.54, 1.807) is 0 Å². The van der Waals surface area contributed by atoms with Crippen LogP contribution in [0.1, 0.15) is 73.1 Å². The Bertz CT molecular complexity index is 435. The highest BCUT2D eigenvalue weighted by atomic mass is 16.5. The summed E-state index contributed by atoms with van der Waals surface area (Å²) < 4.78 is 6.40. The third-order valence-electron chi connectivity index (χ3n) is 5.52. The van der Waals surface area contributed by atoms with Crippen molar-refractivity contribution < 1.29 is 9.84 Å². The topological polar surface area (TPSA) is 29.5 Å². The second-order valence-electron chi connectivity index (χ2n) is 7.97. The summed E-state index contributed by atoms with van der Waals surface area (Å²) >= 11 is 0. The summed E-state index contributed by atoms with van der Waals surface area (Å²) in [6, 6.07) is 0. The molecule has 2 nitrogen and oxygen atoms in total. The monoisotopic (exact) mass is 306 g/mol. The Hall–Kier alpha value is -0.600. The SMILES string of the molecule is CC1=CC2OC(C)(CCCCC(C)=CCC1)C(O)C2C(C)C. The summed E-state index contributed by atoms with van der Waals surface area (Å²) in [5.74, 6) is 0.640. The van der Waals surface area contributed by atoms with Gasteiger partial charge in [-0.05, 0) is 58.8 Å². The highest BCUT2D eigenvalue weighted by Crippen LogP contribution is 2.43. The number of fused-ring (bicyclic) bond motifs is 2. The van der Waals surface area contributed by atoms with Crippen molar-refractivity contribution in [2.75, 3.05) is 0 Å². The first kappa shape index (κ1) is 17.7. The Morgan fingerprint density at radius 1 is 1.18 bits per heavy atom. The third-order valence-corrected chi connectivity index (χ3v) is 5.52. The zero-order valence-electron chi connectivity index (χ0n) is 15.1. The summed E-state index contributed by atoms with van der Waals surface area (Å²) in [5, 5.41) is 10.9. The van der Waals surface area contributed by atoms with Crippen molar-refractivity contribution in [3.63, 3.8) is 0 Å². The molecule has 0 aliphatic carbocycles. The average Bonchev–Trinajstić information content (AvgIpc) is 2.66. The predicted molar refractivity (Wildman–Crippen MR) is 92.8 cm³/mol. The molecule has 0 radical (unpaired) electrons. The molecule has 2 aliphatic rings. The molecule has 2 rings (SSSR count). The Morgan fingerprint density at radius 3 is 2.59 bits per heavy atom. The van der Waals surface area contributed by atoms with Gasteiger partial charge in [0.05, 0.1) is 17.8 Å². The molecule has 2 aliphatic heterocycles. The quantitative estimate of drug-likeness (QED) is 0.689. The number of ether oxygens (including phenoxy) is 1. The predicted octanol–water partition coefficient (Wildman–Crippen LogP) is 5.02. The van der Waals surface area contributed by atoms with Gasteiger partial charge in [-0.15, -0.1) is 0 Å². The molecule has 1 N–H and O–H groups in total. The second kappa shape index (κ2) is 7.31. The average molecular weight is 306 g/mol. The van der Waals surface area contributed by atoms with Gasteiger partial charge in [0, 0.05) is 5.92 Å². The van der Waals surface area contributed by atoms with E-state index in [0.717, 1.165) is 25.7 Å². The number of hydrogen-bond donors (Lipinski definition) is 1. The highest BCUT2D eigenvalue weighted by Gasteiger charge is 2.51. The van der Waals surface area contributed by atoms with Gasteiger partial charge in [0.25, 0.3) is 0 Å². The van der Waals surface area contributed by atoms with Crippen molar-refractivity contribution in [3.05, 3.63) is 23.3 Å². The first-order chi connectivity index (χ1) is 10.3. The number of rotatable bonds is 1. The van der Waals surface area contributed by atoms with Crippen LogP contribution in [0.2, 0.25) is 0 Å². The Balaban J connectivity index is 2.25. The Labute approximate surface area is 136 Å². The fourth-order valence-electron chi connectivity index (χ4n) is 4.03. The molecule has 2 heterocycles. The Kier molecular flexibility index (Phi) is 5.90. The summed E-state index contributed by atoms with van der Waals surface area (Å²) in [5.41, 5.74) is 2.50. The first-order valence-electron chi connectivity index (χ1n) is 9.02. The van der Waals surface area contributed by atoms with Crippen molar-refractivity contribution >= 4 is 0 Å². The minimum absolute atomic E-state index is 0.0610. The smallest absolute Gasteiger partial charge is 0.0924 e. The van der Waals surface area contributed by atoms with Gasteiger partial charge in [0.15, 0.2) is 0 Å². The Morgan fingerprint density at radius 2 is 1.91 bits per heavy atom. The second-order valence-corrected chi connectivity index (χ2v) is 7.97. The van der Waals surface area contributed by atoms with E-state index < -0.39 is 0 Å². The van der Waals surface area contributed by atoms with Crippen molar-refractivity contribution in [1.29, 1.82) is 0 Å². The lowest BCUT2D eigenvalue weighted by molar-refractivity contribution is -0.0661. The lowest BCUT2D eigenvalue weighted by Gasteiger charge is -2.29. The standard InChI is InChI=1S/C20H34O2/c1-14(2)18-17-13-16(4)11-8-10-15(3)9-6-7-12-20(5,22-17)19(18)21/h10,13-14,17-19,21H,6-9,11-12H2,1-5H3. The van der Waals surface area contributed by atoms with Crippen LogP contribution in [0.3, 0.4) is 0 Å². The van der Waals surface area contributed by atoms with Gasteiger partial charge in [0.1, 0.15) is 0 Å². The maximum Gasteiger partial charge on any atom is 0.0924 e. The van der Waals surface area contributed by atoms with E-state index in [-0.39, 0.29) is 23.7 Å². The van der Waals surface area contributed by atoms with E-state index in [1.165, 1.54) is 24.0 Å². The molecule has 4 unspecified atom stereocenters. The molecule has 1 saturated heterocycles. The largest absolute Gasteiger partial charge is 0.390 e. The maximum atomic E-state index is 10.9. The lowest BCUT2D eigenvalue weighted by Crippen LogP contribution is -2.39. The fourth-order valence-corrected chi connectivity index (χ4v) is 4.03.